The van der Waals surface area contributed by atoms with E-state index in [2.05, 4.69) is 11.8 Å². The first-order chi connectivity index (χ1) is 5.86. The quantitative estimate of drug-likeness (QED) is 0.566. The molecule has 0 aromatic heterocycles. The third kappa shape index (κ3) is 2.12. The van der Waals surface area contributed by atoms with Crippen LogP contribution in [0.25, 0.3) is 0 Å². The van der Waals surface area contributed by atoms with Crippen LogP contribution in [0.3, 0.4) is 0 Å². The maximum absolute atomic E-state index is 8.50. The summed E-state index contributed by atoms with van der Waals surface area (Å²) in [6.07, 6.45) is 0. The lowest BCUT2D eigenvalue weighted by Gasteiger charge is -1.88. The molecule has 1 rings (SSSR count). The van der Waals surface area contributed by atoms with Gasteiger partial charge < -0.3 is 5.73 Å². The fourth-order valence-electron chi connectivity index (χ4n) is 0.781. The molecule has 0 aliphatic carbocycles. The van der Waals surface area contributed by atoms with Crippen LogP contribution >= 0.6 is 0 Å². The first-order valence-electron chi connectivity index (χ1n) is 3.56. The van der Waals surface area contributed by atoms with Gasteiger partial charge in [0.2, 0.25) is 0 Å². The minimum Gasteiger partial charge on any atom is -0.320 e. The molecule has 0 bridgehead atoms. The molecule has 2 N–H and O–H groups in total. The van der Waals surface area contributed by atoms with Crippen molar-refractivity contribution in [2.75, 3.05) is 6.54 Å². The Morgan fingerprint density at radius 2 is 1.75 bits per heavy atom. The van der Waals surface area contributed by atoms with Gasteiger partial charge in [0.05, 0.1) is 18.2 Å². The van der Waals surface area contributed by atoms with E-state index < -0.39 is 0 Å². The maximum atomic E-state index is 8.50. The smallest absolute Gasteiger partial charge is 0.0991 e. The number of nitrogens with zero attached hydrogens (tertiary/aromatic N) is 1. The number of hydrogen-bond donors (Lipinski definition) is 1. The number of rotatable bonds is 0. The van der Waals surface area contributed by atoms with Gasteiger partial charge in [-0.2, -0.15) is 5.26 Å². The average Bonchev–Trinajstić information content (AvgIpc) is 2.15. The monoisotopic (exact) mass is 156 g/mol. The van der Waals surface area contributed by atoms with Crippen LogP contribution in [0.2, 0.25) is 0 Å². The molecule has 1 aromatic carbocycles. The summed E-state index contributed by atoms with van der Waals surface area (Å²) in [6.45, 7) is 0.361. The van der Waals surface area contributed by atoms with Crippen LogP contribution in [0.1, 0.15) is 11.1 Å². The van der Waals surface area contributed by atoms with Crippen molar-refractivity contribution < 1.29 is 0 Å². The van der Waals surface area contributed by atoms with Gasteiger partial charge in [0.15, 0.2) is 0 Å². The summed E-state index contributed by atoms with van der Waals surface area (Å²) < 4.78 is 0. The van der Waals surface area contributed by atoms with Crippen molar-refractivity contribution in [1.82, 2.24) is 0 Å². The summed E-state index contributed by atoms with van der Waals surface area (Å²) in [6, 6.07) is 9.12. The lowest BCUT2D eigenvalue weighted by atomic mass is 10.1. The zero-order chi connectivity index (χ0) is 8.81. The Morgan fingerprint density at radius 1 is 1.17 bits per heavy atom. The summed E-state index contributed by atoms with van der Waals surface area (Å²) in [5.74, 6) is 5.61. The molecular weight excluding hydrogens is 148 g/mol. The van der Waals surface area contributed by atoms with E-state index in [0.717, 1.165) is 5.56 Å². The van der Waals surface area contributed by atoms with Gasteiger partial charge in [-0.25, -0.2) is 0 Å². The molecule has 0 saturated carbocycles. The molecule has 0 heterocycles. The van der Waals surface area contributed by atoms with Gasteiger partial charge >= 0.3 is 0 Å². The Balaban J connectivity index is 2.87. The standard InChI is InChI=1S/C10H8N2/c11-7-1-2-9-3-5-10(8-12)6-4-9/h3-6H,7,11H2. The number of hydrogen-bond acceptors (Lipinski definition) is 2. The molecule has 2 heteroatoms. The van der Waals surface area contributed by atoms with Crippen LogP contribution in [0.5, 0.6) is 0 Å². The van der Waals surface area contributed by atoms with E-state index in [9.17, 15) is 0 Å². The Labute approximate surface area is 71.6 Å². The topological polar surface area (TPSA) is 49.8 Å². The summed E-state index contributed by atoms with van der Waals surface area (Å²) in [5.41, 5.74) is 6.74. The van der Waals surface area contributed by atoms with Gasteiger partial charge in [-0.15, -0.1) is 0 Å². The fourth-order valence-corrected chi connectivity index (χ4v) is 0.781. The first-order valence-corrected chi connectivity index (χ1v) is 3.56. The molecule has 2 nitrogen and oxygen atoms in total. The minimum absolute atomic E-state index is 0.361. The van der Waals surface area contributed by atoms with E-state index >= 15 is 0 Å². The highest BCUT2D eigenvalue weighted by atomic mass is 14.5. The predicted molar refractivity (Wildman–Crippen MR) is 47.1 cm³/mol. The summed E-state index contributed by atoms with van der Waals surface area (Å²) in [5, 5.41) is 8.50. The van der Waals surface area contributed by atoms with Crippen LogP contribution in [-0.4, -0.2) is 6.54 Å². The molecule has 1 aromatic rings. The largest absolute Gasteiger partial charge is 0.320 e. The van der Waals surface area contributed by atoms with Crippen LogP contribution < -0.4 is 5.73 Å². The molecule has 0 amide bonds. The second kappa shape index (κ2) is 4.18. The minimum atomic E-state index is 0.361. The molecule has 0 fully saturated rings. The molecular formula is C10H8N2. The Morgan fingerprint density at radius 3 is 2.25 bits per heavy atom. The van der Waals surface area contributed by atoms with E-state index in [4.69, 9.17) is 11.0 Å². The van der Waals surface area contributed by atoms with Gasteiger partial charge in [0.25, 0.3) is 0 Å². The van der Waals surface area contributed by atoms with Crippen LogP contribution in [0, 0.1) is 23.2 Å². The van der Waals surface area contributed by atoms with Crippen molar-refractivity contribution in [3.05, 3.63) is 35.4 Å². The molecule has 0 atom stereocenters. The number of nitriles is 1. The third-order valence-corrected chi connectivity index (χ3v) is 1.35. The highest BCUT2D eigenvalue weighted by Crippen LogP contribution is 2.00. The van der Waals surface area contributed by atoms with Gasteiger partial charge in [-0.3, -0.25) is 0 Å². The zero-order valence-corrected chi connectivity index (χ0v) is 6.54. The lowest BCUT2D eigenvalue weighted by molar-refractivity contribution is 1.30. The van der Waals surface area contributed by atoms with Gasteiger partial charge in [0.1, 0.15) is 0 Å². The van der Waals surface area contributed by atoms with Gasteiger partial charge in [-0.05, 0) is 24.3 Å². The Bertz CT molecular complexity index is 346. The molecule has 0 radical (unpaired) electrons. The van der Waals surface area contributed by atoms with Crippen molar-refractivity contribution in [3.8, 4) is 17.9 Å². The van der Waals surface area contributed by atoms with Crippen molar-refractivity contribution >= 4 is 0 Å². The molecule has 0 spiro atoms. The molecule has 0 saturated heterocycles. The molecule has 58 valence electrons. The van der Waals surface area contributed by atoms with E-state index in [1.165, 1.54) is 0 Å². The zero-order valence-electron chi connectivity index (χ0n) is 6.54. The van der Waals surface area contributed by atoms with Crippen molar-refractivity contribution in [1.29, 1.82) is 5.26 Å². The van der Waals surface area contributed by atoms with Gasteiger partial charge in [0, 0.05) is 5.56 Å². The van der Waals surface area contributed by atoms with Crippen LogP contribution in [0.15, 0.2) is 24.3 Å². The number of nitrogens with two attached hydrogens (primary N) is 1. The second-order valence-electron chi connectivity index (χ2n) is 2.20. The van der Waals surface area contributed by atoms with Crippen molar-refractivity contribution in [3.63, 3.8) is 0 Å². The van der Waals surface area contributed by atoms with Crippen molar-refractivity contribution in [2.24, 2.45) is 5.73 Å². The van der Waals surface area contributed by atoms with Crippen LogP contribution in [-0.2, 0) is 0 Å². The van der Waals surface area contributed by atoms with E-state index in [0.29, 0.717) is 12.1 Å². The summed E-state index contributed by atoms with van der Waals surface area (Å²) in [7, 11) is 0. The second-order valence-corrected chi connectivity index (χ2v) is 2.20. The lowest BCUT2D eigenvalue weighted by Crippen LogP contribution is -1.92. The maximum Gasteiger partial charge on any atom is 0.0991 e. The average molecular weight is 156 g/mol. The SMILES string of the molecule is N#Cc1ccc(C#CCN)cc1. The highest BCUT2D eigenvalue weighted by molar-refractivity contribution is 5.39. The van der Waals surface area contributed by atoms with E-state index in [1.54, 1.807) is 24.3 Å². The fraction of sp³-hybridized carbons (Fsp3) is 0.100. The van der Waals surface area contributed by atoms with E-state index in [1.807, 2.05) is 6.07 Å². The van der Waals surface area contributed by atoms with Crippen molar-refractivity contribution in [2.45, 2.75) is 0 Å². The summed E-state index contributed by atoms with van der Waals surface area (Å²) >= 11 is 0. The first kappa shape index (κ1) is 8.33. The third-order valence-electron chi connectivity index (χ3n) is 1.35. The van der Waals surface area contributed by atoms with E-state index in [-0.39, 0.29) is 0 Å². The molecule has 0 unspecified atom stereocenters. The van der Waals surface area contributed by atoms with Gasteiger partial charge in [-0.1, -0.05) is 11.8 Å². The Kier molecular flexibility index (Phi) is 2.90. The van der Waals surface area contributed by atoms with Crippen LogP contribution in [0.4, 0.5) is 0 Å². The predicted octanol–water partition coefficient (Wildman–Crippen LogP) is 0.868. The normalized spacial score (nSPS) is 8.00. The molecule has 12 heavy (non-hydrogen) atoms. The molecule has 0 aliphatic heterocycles. The highest BCUT2D eigenvalue weighted by Gasteiger charge is 1.87. The summed E-state index contributed by atoms with van der Waals surface area (Å²) in [4.78, 5) is 0. The molecule has 0 aliphatic rings. The Hall–Kier alpha value is -1.77. The number of benzene rings is 1.